The van der Waals surface area contributed by atoms with E-state index < -0.39 is 6.10 Å². The summed E-state index contributed by atoms with van der Waals surface area (Å²) in [6.45, 7) is 0.0791. The summed E-state index contributed by atoms with van der Waals surface area (Å²) in [5.41, 5.74) is 0.257. The number of fused-ring (bicyclic) bond motifs is 1. The van der Waals surface area contributed by atoms with Gasteiger partial charge in [-0.1, -0.05) is 33.3 Å². The number of rotatable bonds is 5. The van der Waals surface area contributed by atoms with Crippen LogP contribution >= 0.6 is 15.9 Å². The Bertz CT molecular complexity index is 864. The molecule has 23 heavy (non-hydrogen) atoms. The van der Waals surface area contributed by atoms with Gasteiger partial charge in [0, 0.05) is 4.47 Å². The van der Waals surface area contributed by atoms with Gasteiger partial charge in [0.1, 0.15) is 24.0 Å². The number of ether oxygens (including phenoxy) is 1. The van der Waals surface area contributed by atoms with Crippen molar-refractivity contribution in [2.24, 2.45) is 0 Å². The number of hydrogen-bond donors (Lipinski definition) is 1. The van der Waals surface area contributed by atoms with Crippen LogP contribution in [0.3, 0.4) is 0 Å². The molecule has 0 aliphatic rings. The maximum Gasteiger partial charge on any atom is 0.277 e. The van der Waals surface area contributed by atoms with Crippen molar-refractivity contribution >= 4 is 26.8 Å². The van der Waals surface area contributed by atoms with E-state index in [1.807, 2.05) is 12.1 Å². The van der Waals surface area contributed by atoms with Crippen molar-refractivity contribution in [3.05, 3.63) is 63.4 Å². The lowest BCUT2D eigenvalue weighted by Crippen LogP contribution is -2.32. The largest absolute Gasteiger partial charge is 0.491 e. The Morgan fingerprint density at radius 1 is 1.17 bits per heavy atom. The minimum Gasteiger partial charge on any atom is -0.491 e. The van der Waals surface area contributed by atoms with Gasteiger partial charge in [-0.25, -0.2) is 4.68 Å². The minimum atomic E-state index is -0.869. The van der Waals surface area contributed by atoms with Gasteiger partial charge in [-0.05, 0) is 36.4 Å². The van der Waals surface area contributed by atoms with Crippen LogP contribution in [0, 0.1) is 0 Å². The molecule has 1 atom stereocenters. The van der Waals surface area contributed by atoms with Crippen LogP contribution in [-0.4, -0.2) is 32.8 Å². The molecule has 1 heterocycles. The van der Waals surface area contributed by atoms with Gasteiger partial charge < -0.3 is 9.84 Å². The van der Waals surface area contributed by atoms with Crippen molar-refractivity contribution in [3.8, 4) is 5.75 Å². The molecule has 1 aromatic heterocycles. The van der Waals surface area contributed by atoms with Crippen LogP contribution in [0.4, 0.5) is 0 Å². The lowest BCUT2D eigenvalue weighted by Gasteiger charge is -2.13. The zero-order valence-electron chi connectivity index (χ0n) is 12.1. The maximum absolute atomic E-state index is 12.3. The van der Waals surface area contributed by atoms with Crippen LogP contribution in [-0.2, 0) is 6.54 Å². The van der Waals surface area contributed by atoms with Crippen molar-refractivity contribution < 1.29 is 9.84 Å². The number of halogens is 1. The van der Waals surface area contributed by atoms with E-state index in [2.05, 4.69) is 26.2 Å². The summed E-state index contributed by atoms with van der Waals surface area (Å²) in [6.07, 6.45) is -0.869. The Morgan fingerprint density at radius 3 is 2.70 bits per heavy atom. The molecule has 3 aromatic rings. The average molecular weight is 376 g/mol. The lowest BCUT2D eigenvalue weighted by molar-refractivity contribution is 0.0873. The predicted octanol–water partition coefficient (Wildman–Crippen LogP) is 1.99. The molecule has 0 bridgehead atoms. The first-order valence-corrected chi connectivity index (χ1v) is 7.82. The Balaban J connectivity index is 1.68. The summed E-state index contributed by atoms with van der Waals surface area (Å²) in [5, 5.41) is 18.4. The smallest absolute Gasteiger partial charge is 0.277 e. The second kappa shape index (κ2) is 6.89. The monoisotopic (exact) mass is 375 g/mol. The van der Waals surface area contributed by atoms with E-state index in [0.717, 1.165) is 9.15 Å². The SMILES string of the molecule is O=c1c2ccccc2nnn1CC(O)COc1ccc(Br)cc1. The molecule has 6 nitrogen and oxygen atoms in total. The molecular formula is C16H14BrN3O3. The molecule has 2 aromatic carbocycles. The van der Waals surface area contributed by atoms with Crippen LogP contribution in [0.15, 0.2) is 57.8 Å². The van der Waals surface area contributed by atoms with Crippen LogP contribution in [0.1, 0.15) is 0 Å². The highest BCUT2D eigenvalue weighted by Gasteiger charge is 2.11. The minimum absolute atomic E-state index is 0.0210. The third-order valence-corrected chi connectivity index (χ3v) is 3.80. The first-order valence-electron chi connectivity index (χ1n) is 7.02. The topological polar surface area (TPSA) is 77.2 Å². The first kappa shape index (κ1) is 15.6. The van der Waals surface area contributed by atoms with Crippen molar-refractivity contribution in [3.63, 3.8) is 0 Å². The van der Waals surface area contributed by atoms with Gasteiger partial charge in [-0.15, -0.1) is 5.10 Å². The first-order chi connectivity index (χ1) is 11.1. The molecule has 0 saturated heterocycles. The van der Waals surface area contributed by atoms with E-state index in [-0.39, 0.29) is 18.7 Å². The van der Waals surface area contributed by atoms with Gasteiger partial charge in [0.05, 0.1) is 11.9 Å². The van der Waals surface area contributed by atoms with E-state index in [1.165, 1.54) is 0 Å². The van der Waals surface area contributed by atoms with E-state index in [9.17, 15) is 9.90 Å². The highest BCUT2D eigenvalue weighted by atomic mass is 79.9. The van der Waals surface area contributed by atoms with Gasteiger partial charge in [0.25, 0.3) is 5.56 Å². The van der Waals surface area contributed by atoms with Crippen LogP contribution < -0.4 is 10.3 Å². The zero-order chi connectivity index (χ0) is 16.2. The van der Waals surface area contributed by atoms with Crippen LogP contribution in [0.5, 0.6) is 5.75 Å². The highest BCUT2D eigenvalue weighted by molar-refractivity contribution is 9.10. The number of aliphatic hydroxyl groups excluding tert-OH is 1. The van der Waals surface area contributed by atoms with Gasteiger partial charge in [-0.3, -0.25) is 4.79 Å². The molecule has 0 aliphatic heterocycles. The fourth-order valence-corrected chi connectivity index (χ4v) is 2.38. The van der Waals surface area contributed by atoms with E-state index in [1.54, 1.807) is 36.4 Å². The summed E-state index contributed by atoms with van der Waals surface area (Å²) >= 11 is 3.34. The number of aromatic nitrogens is 3. The molecule has 0 amide bonds. The van der Waals surface area contributed by atoms with Gasteiger partial charge in [-0.2, -0.15) is 0 Å². The fraction of sp³-hybridized carbons (Fsp3) is 0.188. The molecule has 7 heteroatoms. The van der Waals surface area contributed by atoms with E-state index in [0.29, 0.717) is 16.7 Å². The summed E-state index contributed by atoms with van der Waals surface area (Å²) in [5.74, 6) is 0.643. The standard InChI is InChI=1S/C16H14BrN3O3/c17-11-5-7-13(8-6-11)23-10-12(21)9-20-16(22)14-3-1-2-4-15(14)18-19-20/h1-8,12,21H,9-10H2. The highest BCUT2D eigenvalue weighted by Crippen LogP contribution is 2.16. The molecule has 1 N–H and O–H groups in total. The van der Waals surface area contributed by atoms with E-state index in [4.69, 9.17) is 4.74 Å². The third-order valence-electron chi connectivity index (χ3n) is 3.27. The lowest BCUT2D eigenvalue weighted by atomic mass is 10.2. The Labute approximate surface area is 140 Å². The molecule has 0 fully saturated rings. The zero-order valence-corrected chi connectivity index (χ0v) is 13.7. The summed E-state index contributed by atoms with van der Waals surface area (Å²) in [7, 11) is 0. The van der Waals surface area contributed by atoms with Gasteiger partial charge in [0.15, 0.2) is 0 Å². The van der Waals surface area contributed by atoms with E-state index >= 15 is 0 Å². The summed E-state index contributed by atoms with van der Waals surface area (Å²) < 4.78 is 7.59. The van der Waals surface area contributed by atoms with Gasteiger partial charge in [0.2, 0.25) is 0 Å². The maximum atomic E-state index is 12.3. The molecule has 3 rings (SSSR count). The Hall–Kier alpha value is -2.25. The van der Waals surface area contributed by atoms with Crippen molar-refractivity contribution in [1.29, 1.82) is 0 Å². The van der Waals surface area contributed by atoms with Crippen molar-refractivity contribution in [2.45, 2.75) is 12.6 Å². The second-order valence-electron chi connectivity index (χ2n) is 5.01. The third kappa shape index (κ3) is 3.75. The quantitative estimate of drug-likeness (QED) is 0.737. The number of nitrogens with zero attached hydrogens (tertiary/aromatic N) is 3. The Kier molecular flexibility index (Phi) is 4.68. The summed E-state index contributed by atoms with van der Waals surface area (Å²) in [4.78, 5) is 12.3. The predicted molar refractivity (Wildman–Crippen MR) is 89.4 cm³/mol. The second-order valence-corrected chi connectivity index (χ2v) is 5.93. The van der Waals surface area contributed by atoms with Crippen molar-refractivity contribution in [2.75, 3.05) is 6.61 Å². The molecular weight excluding hydrogens is 362 g/mol. The summed E-state index contributed by atoms with van der Waals surface area (Å²) in [6, 6.07) is 14.2. The molecule has 0 aliphatic carbocycles. The molecule has 1 unspecified atom stereocenters. The van der Waals surface area contributed by atoms with Gasteiger partial charge >= 0.3 is 0 Å². The molecule has 0 saturated carbocycles. The normalized spacial score (nSPS) is 12.3. The Morgan fingerprint density at radius 2 is 1.91 bits per heavy atom. The van der Waals surface area contributed by atoms with Crippen molar-refractivity contribution in [1.82, 2.24) is 15.0 Å². The molecule has 0 radical (unpaired) electrons. The number of aliphatic hydroxyl groups is 1. The average Bonchev–Trinajstić information content (AvgIpc) is 2.57. The fourth-order valence-electron chi connectivity index (χ4n) is 2.12. The molecule has 118 valence electrons. The van der Waals surface area contributed by atoms with Crippen LogP contribution in [0.25, 0.3) is 10.9 Å². The molecule has 0 spiro atoms. The van der Waals surface area contributed by atoms with Crippen LogP contribution in [0.2, 0.25) is 0 Å². The number of hydrogen-bond acceptors (Lipinski definition) is 5. The number of benzene rings is 2.